The monoisotopic (exact) mass is 276 g/mol. The first-order valence-corrected chi connectivity index (χ1v) is 7.39. The number of hydrogen-bond acceptors (Lipinski definition) is 1. The third-order valence-corrected chi connectivity index (χ3v) is 4.71. The van der Waals surface area contributed by atoms with Gasteiger partial charge in [-0.05, 0) is 49.6 Å². The van der Waals surface area contributed by atoms with Gasteiger partial charge >= 0.3 is 0 Å². The van der Waals surface area contributed by atoms with Crippen molar-refractivity contribution >= 4 is 16.6 Å². The van der Waals surface area contributed by atoms with Gasteiger partial charge in [0.05, 0.1) is 0 Å². The van der Waals surface area contributed by atoms with Gasteiger partial charge in [-0.3, -0.25) is 4.79 Å². The van der Waals surface area contributed by atoms with Gasteiger partial charge in [-0.1, -0.05) is 53.6 Å². The van der Waals surface area contributed by atoms with Crippen LogP contribution in [-0.4, -0.2) is 5.78 Å². The van der Waals surface area contributed by atoms with E-state index < -0.39 is 0 Å². The van der Waals surface area contributed by atoms with Crippen molar-refractivity contribution in [2.45, 2.75) is 33.6 Å². The van der Waals surface area contributed by atoms with Crippen LogP contribution in [-0.2, 0) is 0 Å². The van der Waals surface area contributed by atoms with Gasteiger partial charge in [-0.25, -0.2) is 0 Å². The van der Waals surface area contributed by atoms with E-state index in [-0.39, 0.29) is 11.7 Å². The van der Waals surface area contributed by atoms with E-state index in [1.807, 2.05) is 18.2 Å². The van der Waals surface area contributed by atoms with Crippen molar-refractivity contribution in [2.75, 3.05) is 0 Å². The zero-order valence-corrected chi connectivity index (χ0v) is 13.0. The molecule has 0 bridgehead atoms. The van der Waals surface area contributed by atoms with E-state index in [1.165, 1.54) is 16.7 Å². The molecule has 2 aromatic rings. The van der Waals surface area contributed by atoms with Crippen molar-refractivity contribution in [3.05, 3.63) is 70.3 Å². The number of ketones is 1. The number of rotatable bonds is 2. The van der Waals surface area contributed by atoms with Crippen LogP contribution in [0, 0.1) is 0 Å². The van der Waals surface area contributed by atoms with Crippen LogP contribution in [0.5, 0.6) is 0 Å². The van der Waals surface area contributed by atoms with Gasteiger partial charge in [0, 0.05) is 11.5 Å². The Morgan fingerprint density at radius 3 is 2.33 bits per heavy atom. The van der Waals surface area contributed by atoms with Gasteiger partial charge in [-0.15, -0.1) is 0 Å². The lowest BCUT2D eigenvalue weighted by Crippen LogP contribution is -2.05. The Labute approximate surface area is 126 Å². The van der Waals surface area contributed by atoms with Crippen molar-refractivity contribution < 1.29 is 4.79 Å². The fourth-order valence-corrected chi connectivity index (χ4v) is 3.31. The summed E-state index contributed by atoms with van der Waals surface area (Å²) >= 11 is 0. The normalized spacial score (nSPS) is 18.3. The molecule has 0 radical (unpaired) electrons. The molecule has 1 aliphatic carbocycles. The molecule has 3 rings (SSSR count). The predicted molar refractivity (Wildman–Crippen MR) is 88.8 cm³/mol. The number of Topliss-reactive ketones (excluding diaryl/α,β-unsaturated/α-hetero) is 1. The van der Waals surface area contributed by atoms with Gasteiger partial charge < -0.3 is 0 Å². The minimum Gasteiger partial charge on any atom is -0.294 e. The molecule has 1 nitrogen and oxygen atoms in total. The lowest BCUT2D eigenvalue weighted by Gasteiger charge is -2.17. The number of hydrogen-bond donors (Lipinski definition) is 0. The summed E-state index contributed by atoms with van der Waals surface area (Å²) < 4.78 is 0. The maximum absolute atomic E-state index is 12.3. The second-order valence-electron chi connectivity index (χ2n) is 5.94. The van der Waals surface area contributed by atoms with Crippen LogP contribution in [0.3, 0.4) is 0 Å². The van der Waals surface area contributed by atoms with Crippen molar-refractivity contribution in [3.63, 3.8) is 0 Å². The topological polar surface area (TPSA) is 17.1 Å². The lowest BCUT2D eigenvalue weighted by molar-refractivity contribution is 0.101. The summed E-state index contributed by atoms with van der Waals surface area (Å²) in [5.74, 6) is 0.374. The molecule has 0 spiro atoms. The molecule has 0 fully saturated rings. The average molecular weight is 276 g/mol. The van der Waals surface area contributed by atoms with E-state index in [1.54, 1.807) is 6.92 Å². The van der Waals surface area contributed by atoms with Crippen molar-refractivity contribution in [1.29, 1.82) is 0 Å². The smallest absolute Gasteiger partial charge is 0.160 e. The fourth-order valence-electron chi connectivity index (χ4n) is 3.31. The molecular weight excluding hydrogens is 256 g/mol. The summed E-state index contributed by atoms with van der Waals surface area (Å²) in [6.45, 7) is 8.15. The number of benzene rings is 2. The van der Waals surface area contributed by atoms with Crippen LogP contribution in [0.1, 0.15) is 49.5 Å². The van der Waals surface area contributed by atoms with Gasteiger partial charge in [-0.2, -0.15) is 0 Å². The Hall–Kier alpha value is -2.15. The van der Waals surface area contributed by atoms with Crippen molar-refractivity contribution in [1.82, 2.24) is 0 Å². The standard InChI is InChI=1S/C20H20O/c1-12-11-19(14(3)13(12)2)18-10-9-16-7-5-6-8-17(16)20(18)15(4)21/h5-11,19H,1-4H3. The van der Waals surface area contributed by atoms with Gasteiger partial charge in [0.1, 0.15) is 0 Å². The molecule has 0 amide bonds. The van der Waals surface area contributed by atoms with Crippen LogP contribution in [0.25, 0.3) is 10.8 Å². The molecule has 21 heavy (non-hydrogen) atoms. The molecule has 0 saturated carbocycles. The maximum Gasteiger partial charge on any atom is 0.160 e. The number of allylic oxidation sites excluding steroid dienone is 4. The first-order valence-electron chi connectivity index (χ1n) is 7.39. The third-order valence-electron chi connectivity index (χ3n) is 4.71. The van der Waals surface area contributed by atoms with Gasteiger partial charge in [0.25, 0.3) is 0 Å². The number of carbonyl (C=O) groups excluding carboxylic acids is 1. The first-order chi connectivity index (χ1) is 10.0. The van der Waals surface area contributed by atoms with Crippen molar-refractivity contribution in [2.24, 2.45) is 0 Å². The Morgan fingerprint density at radius 2 is 1.71 bits per heavy atom. The van der Waals surface area contributed by atoms with Crippen LogP contribution in [0.2, 0.25) is 0 Å². The molecule has 0 heterocycles. The molecule has 0 aliphatic heterocycles. The molecule has 2 aromatic carbocycles. The molecule has 0 aromatic heterocycles. The minimum atomic E-state index is 0.144. The summed E-state index contributed by atoms with van der Waals surface area (Å²) in [5, 5.41) is 2.19. The Bertz CT molecular complexity index is 806. The Balaban J connectivity index is 2.30. The highest BCUT2D eigenvalue weighted by Gasteiger charge is 2.24. The predicted octanol–water partition coefficient (Wildman–Crippen LogP) is 5.42. The van der Waals surface area contributed by atoms with Crippen LogP contribution in [0.15, 0.2) is 59.2 Å². The van der Waals surface area contributed by atoms with Gasteiger partial charge in [0.2, 0.25) is 0 Å². The highest BCUT2D eigenvalue weighted by Crippen LogP contribution is 2.40. The largest absolute Gasteiger partial charge is 0.294 e. The highest BCUT2D eigenvalue weighted by molar-refractivity contribution is 6.08. The van der Waals surface area contributed by atoms with E-state index in [2.05, 4.69) is 45.0 Å². The summed E-state index contributed by atoms with van der Waals surface area (Å²) in [4.78, 5) is 12.3. The summed E-state index contributed by atoms with van der Waals surface area (Å²) in [6.07, 6.45) is 2.28. The molecular formula is C20H20O. The van der Waals surface area contributed by atoms with E-state index in [4.69, 9.17) is 0 Å². The summed E-state index contributed by atoms with van der Waals surface area (Å²) in [6, 6.07) is 12.4. The quantitative estimate of drug-likeness (QED) is 0.669. The summed E-state index contributed by atoms with van der Waals surface area (Å²) in [5.41, 5.74) is 6.03. The fraction of sp³-hybridized carbons (Fsp3) is 0.250. The minimum absolute atomic E-state index is 0.144. The number of carbonyl (C=O) groups is 1. The van der Waals surface area contributed by atoms with E-state index >= 15 is 0 Å². The van der Waals surface area contributed by atoms with E-state index in [0.717, 1.165) is 21.9 Å². The molecule has 1 aliphatic rings. The first kappa shape index (κ1) is 13.8. The third kappa shape index (κ3) is 2.13. The Morgan fingerprint density at radius 1 is 1.00 bits per heavy atom. The zero-order valence-electron chi connectivity index (χ0n) is 13.0. The second-order valence-corrected chi connectivity index (χ2v) is 5.94. The van der Waals surface area contributed by atoms with Crippen LogP contribution < -0.4 is 0 Å². The SMILES string of the molecule is CC(=O)c1c(C2C=C(C)C(C)=C2C)ccc2ccccc12. The molecule has 106 valence electrons. The Kier molecular flexibility index (Phi) is 3.29. The maximum atomic E-state index is 12.3. The molecule has 1 unspecified atom stereocenters. The van der Waals surface area contributed by atoms with E-state index in [9.17, 15) is 4.79 Å². The zero-order chi connectivity index (χ0) is 15.1. The van der Waals surface area contributed by atoms with Gasteiger partial charge in [0.15, 0.2) is 5.78 Å². The number of fused-ring (bicyclic) bond motifs is 1. The average Bonchev–Trinajstić information content (AvgIpc) is 2.73. The molecule has 0 N–H and O–H groups in total. The van der Waals surface area contributed by atoms with Crippen molar-refractivity contribution in [3.8, 4) is 0 Å². The summed E-state index contributed by atoms with van der Waals surface area (Å²) in [7, 11) is 0. The molecule has 1 heteroatoms. The lowest BCUT2D eigenvalue weighted by atomic mass is 9.86. The second kappa shape index (κ2) is 5.00. The van der Waals surface area contributed by atoms with Crippen LogP contribution >= 0.6 is 0 Å². The van der Waals surface area contributed by atoms with E-state index in [0.29, 0.717) is 0 Å². The molecule has 1 atom stereocenters. The highest BCUT2D eigenvalue weighted by atomic mass is 16.1. The van der Waals surface area contributed by atoms with Crippen LogP contribution in [0.4, 0.5) is 0 Å². The molecule has 0 saturated heterocycles.